The lowest BCUT2D eigenvalue weighted by Crippen LogP contribution is -1.62. The Morgan fingerprint density at radius 3 is 1.50 bits per heavy atom. The fraction of sp³-hybridized carbons (Fsp3) is 0.333. The first-order chi connectivity index (χ1) is 5.81. The first-order valence-corrected chi connectivity index (χ1v) is 4.16. The maximum atomic E-state index is 4.00. The maximum Gasteiger partial charge on any atom is -0.0398 e. The minimum atomic E-state index is 1.25. The van der Waals surface area contributed by atoms with Crippen LogP contribution in [0.3, 0.4) is 0 Å². The standard InChI is InChI=1S/C7H8.C3H8.C2H2/c1-7-5-3-2-4-6-7;1-3-2;1-2/h2-6H,1H3;3H2,1-2H3;1-2H. The molecule has 1 rings (SSSR count). The molecule has 0 atom stereocenters. The van der Waals surface area contributed by atoms with Gasteiger partial charge in [0.05, 0.1) is 0 Å². The highest BCUT2D eigenvalue weighted by Gasteiger charge is 1.72. The number of rotatable bonds is 0. The summed E-state index contributed by atoms with van der Waals surface area (Å²) in [5.41, 5.74) is 1.32. The van der Waals surface area contributed by atoms with Gasteiger partial charge in [0.15, 0.2) is 0 Å². The van der Waals surface area contributed by atoms with E-state index in [4.69, 9.17) is 0 Å². The zero-order valence-corrected chi connectivity index (χ0v) is 8.25. The predicted octanol–water partition coefficient (Wildman–Crippen LogP) is 3.66. The van der Waals surface area contributed by atoms with Gasteiger partial charge >= 0.3 is 0 Å². The van der Waals surface area contributed by atoms with Gasteiger partial charge in [-0.25, -0.2) is 0 Å². The Morgan fingerprint density at radius 1 is 1.00 bits per heavy atom. The summed E-state index contributed by atoms with van der Waals surface area (Å²) in [7, 11) is 0. The summed E-state index contributed by atoms with van der Waals surface area (Å²) in [6.45, 7) is 6.33. The Morgan fingerprint density at radius 2 is 1.33 bits per heavy atom. The van der Waals surface area contributed by atoms with Crippen LogP contribution in [0.25, 0.3) is 0 Å². The summed E-state index contributed by atoms with van der Waals surface area (Å²) < 4.78 is 0. The molecule has 0 heterocycles. The summed E-state index contributed by atoms with van der Waals surface area (Å²) in [6, 6.07) is 10.3. The molecule has 0 fully saturated rings. The highest BCUT2D eigenvalue weighted by molar-refractivity contribution is 5.11. The lowest BCUT2D eigenvalue weighted by molar-refractivity contribution is 1.09. The largest absolute Gasteiger partial charge is 0.124 e. The second-order valence-corrected chi connectivity index (χ2v) is 2.36. The van der Waals surface area contributed by atoms with Crippen LogP contribution in [0.4, 0.5) is 0 Å². The van der Waals surface area contributed by atoms with Gasteiger partial charge in [0.25, 0.3) is 0 Å². The molecular weight excluding hydrogens is 144 g/mol. The van der Waals surface area contributed by atoms with Crippen molar-refractivity contribution >= 4 is 0 Å². The number of hydrogen-bond donors (Lipinski definition) is 0. The van der Waals surface area contributed by atoms with Crippen LogP contribution in [-0.2, 0) is 0 Å². The molecule has 0 aliphatic carbocycles. The van der Waals surface area contributed by atoms with Crippen LogP contribution in [0, 0.1) is 19.8 Å². The lowest BCUT2D eigenvalue weighted by atomic mass is 10.2. The number of terminal acetylenes is 1. The number of hydrogen-bond acceptors (Lipinski definition) is 0. The van der Waals surface area contributed by atoms with E-state index in [0.29, 0.717) is 0 Å². The summed E-state index contributed by atoms with van der Waals surface area (Å²) in [6.07, 6.45) is 9.25. The second-order valence-electron chi connectivity index (χ2n) is 2.36. The maximum absolute atomic E-state index is 4.00. The van der Waals surface area contributed by atoms with Crippen LogP contribution in [0.15, 0.2) is 30.3 Å². The van der Waals surface area contributed by atoms with Crippen LogP contribution in [0.5, 0.6) is 0 Å². The van der Waals surface area contributed by atoms with Crippen molar-refractivity contribution in [3.8, 4) is 12.8 Å². The third-order valence-corrected chi connectivity index (χ3v) is 0.940. The highest BCUT2D eigenvalue weighted by Crippen LogP contribution is 1.92. The van der Waals surface area contributed by atoms with E-state index < -0.39 is 0 Å². The Kier molecular flexibility index (Phi) is 13.9. The molecule has 0 nitrogen and oxygen atoms in total. The molecule has 1 aromatic carbocycles. The van der Waals surface area contributed by atoms with Crippen molar-refractivity contribution < 1.29 is 0 Å². The summed E-state index contributed by atoms with van der Waals surface area (Å²) >= 11 is 0. The summed E-state index contributed by atoms with van der Waals surface area (Å²) in [4.78, 5) is 0. The molecule has 0 radical (unpaired) electrons. The van der Waals surface area contributed by atoms with Crippen molar-refractivity contribution in [3.05, 3.63) is 35.9 Å². The predicted molar refractivity (Wildman–Crippen MR) is 57.0 cm³/mol. The lowest BCUT2D eigenvalue weighted by Gasteiger charge is -1.82. The summed E-state index contributed by atoms with van der Waals surface area (Å²) in [5.74, 6) is 0. The molecule has 0 spiro atoms. The quantitative estimate of drug-likeness (QED) is 0.511. The van der Waals surface area contributed by atoms with Gasteiger partial charge in [-0.3, -0.25) is 0 Å². The second kappa shape index (κ2) is 12.5. The third-order valence-electron chi connectivity index (χ3n) is 0.940. The normalized spacial score (nSPS) is 6.75. The minimum Gasteiger partial charge on any atom is -0.124 e. The van der Waals surface area contributed by atoms with Crippen LogP contribution in [0.1, 0.15) is 25.8 Å². The van der Waals surface area contributed by atoms with E-state index in [-0.39, 0.29) is 0 Å². The van der Waals surface area contributed by atoms with Crippen LogP contribution in [-0.4, -0.2) is 0 Å². The van der Waals surface area contributed by atoms with Crippen molar-refractivity contribution in [2.75, 3.05) is 0 Å². The van der Waals surface area contributed by atoms with Gasteiger partial charge in [0, 0.05) is 0 Å². The first-order valence-electron chi connectivity index (χ1n) is 4.16. The van der Waals surface area contributed by atoms with E-state index >= 15 is 0 Å². The Labute approximate surface area is 76.6 Å². The van der Waals surface area contributed by atoms with Crippen molar-refractivity contribution in [1.29, 1.82) is 0 Å². The molecule has 0 heteroatoms. The van der Waals surface area contributed by atoms with Crippen LogP contribution in [0.2, 0.25) is 0 Å². The first kappa shape index (κ1) is 13.4. The topological polar surface area (TPSA) is 0 Å². The van der Waals surface area contributed by atoms with Crippen molar-refractivity contribution in [2.45, 2.75) is 27.2 Å². The van der Waals surface area contributed by atoms with Crippen LogP contribution >= 0.6 is 0 Å². The molecule has 0 saturated carbocycles. The van der Waals surface area contributed by atoms with Gasteiger partial charge < -0.3 is 0 Å². The van der Waals surface area contributed by atoms with Gasteiger partial charge in [0.1, 0.15) is 0 Å². The number of aryl methyl sites for hydroxylation is 1. The van der Waals surface area contributed by atoms with E-state index in [2.05, 4.69) is 45.8 Å². The third kappa shape index (κ3) is 11.6. The molecule has 0 unspecified atom stereocenters. The summed E-state index contributed by atoms with van der Waals surface area (Å²) in [5, 5.41) is 0. The van der Waals surface area contributed by atoms with Gasteiger partial charge in [-0.05, 0) is 6.92 Å². The van der Waals surface area contributed by atoms with E-state index in [9.17, 15) is 0 Å². The molecule has 0 bridgehead atoms. The van der Waals surface area contributed by atoms with Crippen LogP contribution < -0.4 is 0 Å². The van der Waals surface area contributed by atoms with E-state index in [1.165, 1.54) is 12.0 Å². The molecule has 1 aromatic rings. The molecule has 12 heavy (non-hydrogen) atoms. The average molecular weight is 162 g/mol. The molecule has 0 N–H and O–H groups in total. The smallest absolute Gasteiger partial charge is 0.0398 e. The van der Waals surface area contributed by atoms with E-state index in [1.807, 2.05) is 18.2 Å². The van der Waals surface area contributed by atoms with Crippen molar-refractivity contribution in [3.63, 3.8) is 0 Å². The van der Waals surface area contributed by atoms with Gasteiger partial charge in [-0.1, -0.05) is 56.2 Å². The van der Waals surface area contributed by atoms with E-state index in [0.717, 1.165) is 0 Å². The Hall–Kier alpha value is -1.22. The van der Waals surface area contributed by atoms with Gasteiger partial charge in [-0.2, -0.15) is 0 Å². The molecule has 0 aliphatic rings. The molecular formula is C12H18. The minimum absolute atomic E-state index is 1.25. The fourth-order valence-corrected chi connectivity index (χ4v) is 0.534. The zero-order valence-electron chi connectivity index (χ0n) is 8.25. The van der Waals surface area contributed by atoms with Crippen molar-refractivity contribution in [2.24, 2.45) is 0 Å². The monoisotopic (exact) mass is 162 g/mol. The average Bonchev–Trinajstić information content (AvgIpc) is 2.11. The molecule has 0 amide bonds. The SMILES string of the molecule is C#C.CCC.Cc1ccccc1. The molecule has 66 valence electrons. The van der Waals surface area contributed by atoms with E-state index in [1.54, 1.807) is 0 Å². The van der Waals surface area contributed by atoms with Gasteiger partial charge in [0.2, 0.25) is 0 Å². The Bertz CT molecular complexity index is 172. The molecule has 0 aromatic heterocycles. The molecule has 0 saturated heterocycles. The highest BCUT2D eigenvalue weighted by atomic mass is 13.8. The number of benzene rings is 1. The fourth-order valence-electron chi connectivity index (χ4n) is 0.534. The van der Waals surface area contributed by atoms with Crippen molar-refractivity contribution in [1.82, 2.24) is 0 Å². The van der Waals surface area contributed by atoms with Gasteiger partial charge in [-0.15, -0.1) is 12.8 Å². The zero-order chi connectivity index (χ0) is 9.82. The molecule has 0 aliphatic heterocycles. The Balaban J connectivity index is 0.